The van der Waals surface area contributed by atoms with Crippen LogP contribution in [0.25, 0.3) is 0 Å². The summed E-state index contributed by atoms with van der Waals surface area (Å²) in [6.45, 7) is 5.34. The standard InChI is InChI=1S/C10H15NO4S/c1-3-14-4-7(2)15-5-8-6-16-9(11-8)10(12)13/h6-7H,3-5H2,1-2H3,(H,12,13). The molecule has 0 aromatic carbocycles. The highest BCUT2D eigenvalue weighted by Crippen LogP contribution is 2.11. The Bertz CT molecular complexity index is 339. The third-order valence-electron chi connectivity index (χ3n) is 1.81. The Kier molecular flexibility index (Phi) is 5.37. The summed E-state index contributed by atoms with van der Waals surface area (Å²) in [6, 6.07) is 0. The molecule has 0 saturated carbocycles. The molecule has 0 aliphatic rings. The van der Waals surface area contributed by atoms with E-state index in [1.165, 1.54) is 0 Å². The average Bonchev–Trinajstić information content (AvgIpc) is 2.72. The van der Waals surface area contributed by atoms with E-state index in [0.29, 0.717) is 25.5 Å². The van der Waals surface area contributed by atoms with Gasteiger partial charge in [-0.15, -0.1) is 11.3 Å². The predicted octanol–water partition coefficient (Wildman–Crippen LogP) is 1.78. The van der Waals surface area contributed by atoms with Crippen LogP contribution in [0.4, 0.5) is 0 Å². The van der Waals surface area contributed by atoms with E-state index in [1.54, 1.807) is 5.38 Å². The van der Waals surface area contributed by atoms with Crippen LogP contribution in [-0.2, 0) is 16.1 Å². The van der Waals surface area contributed by atoms with Crippen molar-refractivity contribution in [1.29, 1.82) is 0 Å². The molecular weight excluding hydrogens is 230 g/mol. The SMILES string of the molecule is CCOCC(C)OCc1csc(C(=O)O)n1. The maximum absolute atomic E-state index is 10.6. The molecule has 0 saturated heterocycles. The highest BCUT2D eigenvalue weighted by Gasteiger charge is 2.10. The summed E-state index contributed by atoms with van der Waals surface area (Å²) in [7, 11) is 0. The fraction of sp³-hybridized carbons (Fsp3) is 0.600. The lowest BCUT2D eigenvalue weighted by molar-refractivity contribution is -0.0126. The van der Waals surface area contributed by atoms with Crippen LogP contribution in [-0.4, -0.2) is 35.4 Å². The monoisotopic (exact) mass is 245 g/mol. The van der Waals surface area contributed by atoms with Gasteiger partial charge >= 0.3 is 5.97 Å². The lowest BCUT2D eigenvalue weighted by Gasteiger charge is -2.11. The Labute approximate surface area is 98.0 Å². The van der Waals surface area contributed by atoms with Gasteiger partial charge in [0.25, 0.3) is 0 Å². The van der Waals surface area contributed by atoms with E-state index in [2.05, 4.69) is 4.98 Å². The molecule has 1 rings (SSSR count). The molecule has 90 valence electrons. The minimum atomic E-state index is -1.00. The number of aromatic nitrogens is 1. The van der Waals surface area contributed by atoms with Crippen molar-refractivity contribution in [2.75, 3.05) is 13.2 Å². The number of ether oxygens (including phenoxy) is 2. The van der Waals surface area contributed by atoms with Crippen LogP contribution in [0.5, 0.6) is 0 Å². The molecule has 0 spiro atoms. The third-order valence-corrected chi connectivity index (χ3v) is 2.69. The van der Waals surface area contributed by atoms with Gasteiger partial charge in [0.15, 0.2) is 0 Å². The second-order valence-electron chi connectivity index (χ2n) is 3.23. The quantitative estimate of drug-likeness (QED) is 0.793. The Balaban J connectivity index is 2.33. The van der Waals surface area contributed by atoms with E-state index in [0.717, 1.165) is 11.3 Å². The Morgan fingerprint density at radius 2 is 2.44 bits per heavy atom. The lowest BCUT2D eigenvalue weighted by atomic mass is 10.4. The summed E-state index contributed by atoms with van der Waals surface area (Å²) in [5.74, 6) is -1.00. The molecule has 0 aliphatic heterocycles. The first kappa shape index (κ1) is 13.1. The zero-order valence-electron chi connectivity index (χ0n) is 9.30. The minimum absolute atomic E-state index is 0.0186. The van der Waals surface area contributed by atoms with Crippen molar-refractivity contribution >= 4 is 17.3 Å². The number of hydrogen-bond donors (Lipinski definition) is 1. The molecule has 5 nitrogen and oxygen atoms in total. The van der Waals surface area contributed by atoms with Crippen molar-refractivity contribution in [1.82, 2.24) is 4.98 Å². The normalized spacial score (nSPS) is 12.6. The van der Waals surface area contributed by atoms with Crippen molar-refractivity contribution in [3.05, 3.63) is 16.1 Å². The molecule has 1 N–H and O–H groups in total. The van der Waals surface area contributed by atoms with Crippen LogP contribution in [0.1, 0.15) is 29.3 Å². The Hall–Kier alpha value is -0.980. The lowest BCUT2D eigenvalue weighted by Crippen LogP contribution is -2.15. The van der Waals surface area contributed by atoms with Gasteiger partial charge in [-0.3, -0.25) is 0 Å². The van der Waals surface area contributed by atoms with E-state index in [9.17, 15) is 4.79 Å². The van der Waals surface area contributed by atoms with Crippen molar-refractivity contribution < 1.29 is 19.4 Å². The minimum Gasteiger partial charge on any atom is -0.476 e. The molecule has 0 aliphatic carbocycles. The summed E-state index contributed by atoms with van der Waals surface area (Å²) in [6.07, 6.45) is -0.0186. The van der Waals surface area contributed by atoms with Crippen LogP contribution in [0.15, 0.2) is 5.38 Å². The number of thiazole rings is 1. The zero-order valence-corrected chi connectivity index (χ0v) is 10.1. The van der Waals surface area contributed by atoms with Gasteiger partial charge in [-0.1, -0.05) is 0 Å². The fourth-order valence-corrected chi connectivity index (χ4v) is 1.67. The first-order chi connectivity index (χ1) is 7.63. The van der Waals surface area contributed by atoms with Crippen molar-refractivity contribution in [3.63, 3.8) is 0 Å². The summed E-state index contributed by atoms with van der Waals surface area (Å²) in [5.41, 5.74) is 0.644. The second-order valence-corrected chi connectivity index (χ2v) is 4.09. The topological polar surface area (TPSA) is 68.7 Å². The molecule has 1 atom stereocenters. The first-order valence-electron chi connectivity index (χ1n) is 5.00. The molecular formula is C10H15NO4S. The summed E-state index contributed by atoms with van der Waals surface area (Å²) >= 11 is 1.11. The van der Waals surface area contributed by atoms with Gasteiger partial charge in [-0.25, -0.2) is 9.78 Å². The van der Waals surface area contributed by atoms with E-state index in [-0.39, 0.29) is 11.1 Å². The fourth-order valence-electron chi connectivity index (χ4n) is 1.03. The van der Waals surface area contributed by atoms with Gasteiger partial charge in [0.1, 0.15) is 0 Å². The molecule has 0 fully saturated rings. The number of carbonyl (C=O) groups is 1. The zero-order chi connectivity index (χ0) is 12.0. The van der Waals surface area contributed by atoms with E-state index in [4.69, 9.17) is 14.6 Å². The maximum Gasteiger partial charge on any atom is 0.365 e. The van der Waals surface area contributed by atoms with Crippen LogP contribution in [0.3, 0.4) is 0 Å². The van der Waals surface area contributed by atoms with Crippen LogP contribution < -0.4 is 0 Å². The number of carboxylic acid groups (broad SMARTS) is 1. The van der Waals surface area contributed by atoms with Gasteiger partial charge in [-0.2, -0.15) is 0 Å². The van der Waals surface area contributed by atoms with Gasteiger partial charge in [0.05, 0.1) is 25.0 Å². The molecule has 0 radical (unpaired) electrons. The van der Waals surface area contributed by atoms with E-state index >= 15 is 0 Å². The van der Waals surface area contributed by atoms with Crippen molar-refractivity contribution in [3.8, 4) is 0 Å². The highest BCUT2D eigenvalue weighted by atomic mass is 32.1. The van der Waals surface area contributed by atoms with E-state index < -0.39 is 5.97 Å². The van der Waals surface area contributed by atoms with Crippen LogP contribution in [0.2, 0.25) is 0 Å². The van der Waals surface area contributed by atoms with Crippen molar-refractivity contribution in [2.24, 2.45) is 0 Å². The smallest absolute Gasteiger partial charge is 0.365 e. The number of hydrogen-bond acceptors (Lipinski definition) is 5. The number of rotatable bonds is 7. The summed E-state index contributed by atoms with van der Waals surface area (Å²) < 4.78 is 10.6. The first-order valence-corrected chi connectivity index (χ1v) is 5.88. The highest BCUT2D eigenvalue weighted by molar-refractivity contribution is 7.11. The largest absolute Gasteiger partial charge is 0.476 e. The van der Waals surface area contributed by atoms with E-state index in [1.807, 2.05) is 13.8 Å². The van der Waals surface area contributed by atoms with Gasteiger partial charge in [0, 0.05) is 12.0 Å². The molecule has 1 aromatic rings. The Morgan fingerprint density at radius 1 is 1.69 bits per heavy atom. The third kappa shape index (κ3) is 4.26. The molecule has 0 bridgehead atoms. The van der Waals surface area contributed by atoms with Gasteiger partial charge < -0.3 is 14.6 Å². The average molecular weight is 245 g/mol. The molecule has 16 heavy (non-hydrogen) atoms. The molecule has 1 heterocycles. The second kappa shape index (κ2) is 6.57. The predicted molar refractivity (Wildman–Crippen MR) is 59.8 cm³/mol. The maximum atomic E-state index is 10.6. The van der Waals surface area contributed by atoms with Crippen LogP contribution in [0, 0.1) is 0 Å². The van der Waals surface area contributed by atoms with Crippen molar-refractivity contribution in [2.45, 2.75) is 26.6 Å². The van der Waals surface area contributed by atoms with Gasteiger partial charge in [0.2, 0.25) is 5.01 Å². The summed E-state index contributed by atoms with van der Waals surface area (Å²) in [5, 5.41) is 10.5. The number of carboxylic acids is 1. The molecule has 1 unspecified atom stereocenters. The molecule has 6 heteroatoms. The van der Waals surface area contributed by atoms with Gasteiger partial charge in [-0.05, 0) is 13.8 Å². The van der Waals surface area contributed by atoms with Crippen LogP contribution >= 0.6 is 11.3 Å². The number of aromatic carboxylic acids is 1. The summed E-state index contributed by atoms with van der Waals surface area (Å²) in [4.78, 5) is 14.5. The number of nitrogens with zero attached hydrogens (tertiary/aromatic N) is 1. The molecule has 1 aromatic heterocycles. The molecule has 0 amide bonds. The Morgan fingerprint density at radius 3 is 3.00 bits per heavy atom.